The molecule has 2 aromatic carbocycles. The Morgan fingerprint density at radius 1 is 1.23 bits per heavy atom. The number of para-hydroxylation sites is 1. The molecule has 134 valence electrons. The Hall–Kier alpha value is -2.70. The van der Waals surface area contributed by atoms with Crippen LogP contribution in [0.4, 0.5) is 0 Å². The minimum Gasteiger partial charge on any atom is -0.389 e. The van der Waals surface area contributed by atoms with Crippen molar-refractivity contribution in [1.82, 2.24) is 14.5 Å². The molecule has 0 unspecified atom stereocenters. The zero-order chi connectivity index (χ0) is 18.1. The van der Waals surface area contributed by atoms with Crippen LogP contribution in [0, 0.1) is 6.92 Å². The number of aliphatic hydroxyl groups excluding tert-OH is 1. The highest BCUT2D eigenvalue weighted by atomic mass is 16.5. The summed E-state index contributed by atoms with van der Waals surface area (Å²) in [5, 5.41) is 9.86. The average Bonchev–Trinajstić information content (AvgIpc) is 2.82. The van der Waals surface area contributed by atoms with Gasteiger partial charge in [0, 0.05) is 24.3 Å². The highest BCUT2D eigenvalue weighted by Crippen LogP contribution is 2.23. The molecule has 6 heteroatoms. The first-order valence-corrected chi connectivity index (χ1v) is 8.73. The average molecular weight is 351 g/mol. The number of aryl methyl sites for hydroxylation is 1. The first-order valence-electron chi connectivity index (χ1n) is 8.73. The van der Waals surface area contributed by atoms with Crippen LogP contribution >= 0.6 is 0 Å². The van der Waals surface area contributed by atoms with E-state index in [1.807, 2.05) is 55.5 Å². The lowest BCUT2D eigenvalue weighted by atomic mass is 10.1. The summed E-state index contributed by atoms with van der Waals surface area (Å²) in [5.74, 6) is 0.762. The van der Waals surface area contributed by atoms with Crippen LogP contribution in [0.5, 0.6) is 0 Å². The third-order valence-corrected chi connectivity index (χ3v) is 4.62. The highest BCUT2D eigenvalue weighted by molar-refractivity contribution is 5.97. The van der Waals surface area contributed by atoms with Gasteiger partial charge >= 0.3 is 0 Å². The Balaban J connectivity index is 1.69. The van der Waals surface area contributed by atoms with Crippen LogP contribution in [-0.4, -0.2) is 57.9 Å². The van der Waals surface area contributed by atoms with E-state index in [0.29, 0.717) is 18.7 Å². The van der Waals surface area contributed by atoms with Crippen molar-refractivity contribution in [2.45, 2.75) is 13.0 Å². The van der Waals surface area contributed by atoms with E-state index in [2.05, 4.69) is 9.55 Å². The number of β-amino-alcohol motifs (C(OH)–C–C–N with tert-alkyl or cyclic N) is 1. The Labute approximate surface area is 151 Å². The zero-order valence-electron chi connectivity index (χ0n) is 14.6. The number of imidazole rings is 1. The SMILES string of the molecule is Cc1nc2cc(C(=O)N3CCOC[C@H](O)C3)ccc2n1-c1ccccc1. The van der Waals surface area contributed by atoms with Crippen LogP contribution < -0.4 is 0 Å². The maximum atomic E-state index is 12.8. The molecule has 1 aliphatic rings. The molecule has 0 bridgehead atoms. The third-order valence-electron chi connectivity index (χ3n) is 4.62. The van der Waals surface area contributed by atoms with Gasteiger partial charge in [-0.05, 0) is 37.3 Å². The van der Waals surface area contributed by atoms with E-state index >= 15 is 0 Å². The molecular weight excluding hydrogens is 330 g/mol. The van der Waals surface area contributed by atoms with Crippen molar-refractivity contribution in [3.8, 4) is 5.69 Å². The van der Waals surface area contributed by atoms with Gasteiger partial charge in [0.1, 0.15) is 5.82 Å². The smallest absolute Gasteiger partial charge is 0.254 e. The molecule has 1 atom stereocenters. The molecule has 1 aromatic heterocycles. The molecule has 0 radical (unpaired) electrons. The largest absolute Gasteiger partial charge is 0.389 e. The van der Waals surface area contributed by atoms with Crippen molar-refractivity contribution in [2.24, 2.45) is 0 Å². The molecule has 4 rings (SSSR count). The Morgan fingerprint density at radius 3 is 2.85 bits per heavy atom. The zero-order valence-corrected chi connectivity index (χ0v) is 14.6. The Bertz CT molecular complexity index is 936. The van der Waals surface area contributed by atoms with Crippen molar-refractivity contribution in [1.29, 1.82) is 0 Å². The van der Waals surface area contributed by atoms with Gasteiger partial charge in [-0.1, -0.05) is 18.2 Å². The van der Waals surface area contributed by atoms with Gasteiger partial charge in [0.05, 0.1) is 30.4 Å². The fourth-order valence-electron chi connectivity index (χ4n) is 3.40. The van der Waals surface area contributed by atoms with E-state index in [-0.39, 0.29) is 19.1 Å². The molecule has 0 aliphatic carbocycles. The lowest BCUT2D eigenvalue weighted by molar-refractivity contribution is 0.0534. The number of amides is 1. The number of aromatic nitrogens is 2. The van der Waals surface area contributed by atoms with E-state index in [1.54, 1.807) is 4.90 Å². The van der Waals surface area contributed by atoms with Gasteiger partial charge in [-0.2, -0.15) is 0 Å². The van der Waals surface area contributed by atoms with Crippen LogP contribution in [0.25, 0.3) is 16.7 Å². The summed E-state index contributed by atoms with van der Waals surface area (Å²) < 4.78 is 7.38. The molecular formula is C20H21N3O3. The molecule has 0 saturated carbocycles. The lowest BCUT2D eigenvalue weighted by Crippen LogP contribution is -2.37. The lowest BCUT2D eigenvalue weighted by Gasteiger charge is -2.21. The minimum absolute atomic E-state index is 0.108. The van der Waals surface area contributed by atoms with Gasteiger partial charge in [-0.15, -0.1) is 0 Å². The highest BCUT2D eigenvalue weighted by Gasteiger charge is 2.22. The van der Waals surface area contributed by atoms with E-state index in [0.717, 1.165) is 22.5 Å². The van der Waals surface area contributed by atoms with Crippen molar-refractivity contribution < 1.29 is 14.6 Å². The van der Waals surface area contributed by atoms with Crippen molar-refractivity contribution in [3.63, 3.8) is 0 Å². The molecule has 3 aromatic rings. The second kappa shape index (κ2) is 6.90. The van der Waals surface area contributed by atoms with Crippen molar-refractivity contribution in [3.05, 3.63) is 59.9 Å². The van der Waals surface area contributed by atoms with E-state index in [4.69, 9.17) is 4.74 Å². The molecule has 2 heterocycles. The summed E-state index contributed by atoms with van der Waals surface area (Å²) in [5.41, 5.74) is 3.36. The quantitative estimate of drug-likeness (QED) is 0.768. The first-order chi connectivity index (χ1) is 12.6. The summed E-state index contributed by atoms with van der Waals surface area (Å²) in [4.78, 5) is 19.1. The summed E-state index contributed by atoms with van der Waals surface area (Å²) in [7, 11) is 0. The number of carbonyl (C=O) groups is 1. The van der Waals surface area contributed by atoms with Crippen LogP contribution in [0.1, 0.15) is 16.2 Å². The summed E-state index contributed by atoms with van der Waals surface area (Å²) >= 11 is 0. The van der Waals surface area contributed by atoms with Gasteiger partial charge in [0.2, 0.25) is 0 Å². The van der Waals surface area contributed by atoms with Gasteiger partial charge in [-0.3, -0.25) is 9.36 Å². The van der Waals surface area contributed by atoms with Crippen LogP contribution in [0.15, 0.2) is 48.5 Å². The van der Waals surface area contributed by atoms with Crippen LogP contribution in [0.2, 0.25) is 0 Å². The number of hydrogen-bond donors (Lipinski definition) is 1. The number of ether oxygens (including phenoxy) is 1. The second-order valence-electron chi connectivity index (χ2n) is 6.51. The summed E-state index contributed by atoms with van der Waals surface area (Å²) in [6.07, 6.45) is -0.648. The number of hydrogen-bond acceptors (Lipinski definition) is 4. The normalized spacial score (nSPS) is 18.1. The van der Waals surface area contributed by atoms with Crippen molar-refractivity contribution >= 4 is 16.9 Å². The van der Waals surface area contributed by atoms with E-state index in [9.17, 15) is 9.90 Å². The summed E-state index contributed by atoms with van der Waals surface area (Å²) in [6, 6.07) is 15.6. The number of fused-ring (bicyclic) bond motifs is 1. The maximum Gasteiger partial charge on any atom is 0.254 e. The van der Waals surface area contributed by atoms with Gasteiger partial charge < -0.3 is 14.7 Å². The molecule has 6 nitrogen and oxygen atoms in total. The first kappa shape index (κ1) is 16.8. The second-order valence-corrected chi connectivity index (χ2v) is 6.51. The molecule has 0 spiro atoms. The van der Waals surface area contributed by atoms with E-state index in [1.165, 1.54) is 0 Å². The van der Waals surface area contributed by atoms with E-state index < -0.39 is 6.10 Å². The number of carbonyl (C=O) groups excluding carboxylic acids is 1. The molecule has 1 amide bonds. The molecule has 1 saturated heterocycles. The van der Waals surface area contributed by atoms with Crippen LogP contribution in [0.3, 0.4) is 0 Å². The number of aliphatic hydroxyl groups is 1. The van der Waals surface area contributed by atoms with Gasteiger partial charge in [0.25, 0.3) is 5.91 Å². The Morgan fingerprint density at radius 2 is 2.04 bits per heavy atom. The predicted molar refractivity (Wildman–Crippen MR) is 98.5 cm³/mol. The predicted octanol–water partition coefficient (Wildman–Crippen LogP) is 2.17. The fraction of sp³-hybridized carbons (Fsp3) is 0.300. The maximum absolute atomic E-state index is 12.8. The molecule has 26 heavy (non-hydrogen) atoms. The third kappa shape index (κ3) is 3.09. The molecule has 1 N–H and O–H groups in total. The number of rotatable bonds is 2. The minimum atomic E-state index is -0.648. The monoisotopic (exact) mass is 351 g/mol. The fourth-order valence-corrected chi connectivity index (χ4v) is 3.40. The summed E-state index contributed by atoms with van der Waals surface area (Å²) in [6.45, 7) is 3.42. The topological polar surface area (TPSA) is 67.6 Å². The van der Waals surface area contributed by atoms with Crippen molar-refractivity contribution in [2.75, 3.05) is 26.3 Å². The molecule has 1 fully saturated rings. The Kier molecular flexibility index (Phi) is 4.44. The molecule has 1 aliphatic heterocycles. The van der Waals surface area contributed by atoms with Gasteiger partial charge in [0.15, 0.2) is 0 Å². The standard InChI is InChI=1S/C20H21N3O3/c1-14-21-18-11-15(20(25)22-9-10-26-13-17(24)12-22)7-8-19(18)23(14)16-5-3-2-4-6-16/h2-8,11,17,24H,9-10,12-13H2,1H3/t17-/m1/s1. The number of benzene rings is 2. The number of nitrogens with zero attached hydrogens (tertiary/aromatic N) is 3. The van der Waals surface area contributed by atoms with Gasteiger partial charge in [-0.25, -0.2) is 4.98 Å². The van der Waals surface area contributed by atoms with Crippen LogP contribution in [-0.2, 0) is 4.74 Å².